The number of rotatable bonds is 8. The predicted octanol–water partition coefficient (Wildman–Crippen LogP) is 4.43. The van der Waals surface area contributed by atoms with Gasteiger partial charge in [-0.15, -0.1) is 0 Å². The molecule has 0 fully saturated rings. The third-order valence-electron chi connectivity index (χ3n) is 4.45. The zero-order chi connectivity index (χ0) is 22.1. The van der Waals surface area contributed by atoms with Crippen molar-refractivity contribution in [2.24, 2.45) is 0 Å². The average Bonchev–Trinajstić information content (AvgIpc) is 2.81. The van der Waals surface area contributed by atoms with E-state index in [1.807, 2.05) is 42.5 Å². The van der Waals surface area contributed by atoms with E-state index in [-0.39, 0.29) is 6.61 Å². The Morgan fingerprint density at radius 3 is 2.32 bits per heavy atom. The lowest BCUT2D eigenvalue weighted by Gasteiger charge is -2.13. The fourth-order valence-electron chi connectivity index (χ4n) is 2.77. The van der Waals surface area contributed by atoms with Crippen molar-refractivity contribution in [3.8, 4) is 11.5 Å². The molecule has 2 N–H and O–H groups in total. The molecule has 3 aromatic rings. The molecule has 0 atom stereocenters. The quantitative estimate of drug-likeness (QED) is 0.465. The van der Waals surface area contributed by atoms with Crippen LogP contribution >= 0.6 is 15.9 Å². The molecule has 0 aliphatic heterocycles. The van der Waals surface area contributed by atoms with Crippen LogP contribution in [-0.2, 0) is 17.8 Å². The number of amides is 2. The molecule has 0 aliphatic rings. The molecule has 2 amide bonds. The lowest BCUT2D eigenvalue weighted by molar-refractivity contribution is -0.123. The van der Waals surface area contributed by atoms with Gasteiger partial charge >= 0.3 is 0 Å². The van der Waals surface area contributed by atoms with Gasteiger partial charge < -0.3 is 9.47 Å². The number of halogens is 1. The Bertz CT molecular complexity index is 1040. The standard InChI is InChI=1S/C24H23BrN2O4/c1-2-17-12-13-22(20(25)14-17)31-16-23(28)26-27-24(29)19-10-6-7-11-21(19)30-15-18-8-4-3-5-9-18/h3-14H,2,15-16H2,1H3,(H,26,28)(H,27,29). The number of hydrogen-bond donors (Lipinski definition) is 2. The Labute approximate surface area is 189 Å². The normalized spacial score (nSPS) is 10.3. The number of benzene rings is 3. The SMILES string of the molecule is CCc1ccc(OCC(=O)NNC(=O)c2ccccc2OCc2ccccc2)c(Br)c1. The van der Waals surface area contributed by atoms with E-state index >= 15 is 0 Å². The monoisotopic (exact) mass is 482 g/mol. The molecule has 0 spiro atoms. The Balaban J connectivity index is 1.51. The van der Waals surface area contributed by atoms with Crippen molar-refractivity contribution in [2.75, 3.05) is 6.61 Å². The topological polar surface area (TPSA) is 76.7 Å². The minimum Gasteiger partial charge on any atom is -0.488 e. The van der Waals surface area contributed by atoms with Gasteiger partial charge in [-0.25, -0.2) is 0 Å². The van der Waals surface area contributed by atoms with Gasteiger partial charge in [-0.05, 0) is 57.7 Å². The highest BCUT2D eigenvalue weighted by Gasteiger charge is 2.14. The number of nitrogens with one attached hydrogen (secondary N) is 2. The van der Waals surface area contributed by atoms with Crippen LogP contribution in [-0.4, -0.2) is 18.4 Å². The molecule has 3 rings (SSSR count). The highest BCUT2D eigenvalue weighted by molar-refractivity contribution is 9.10. The summed E-state index contributed by atoms with van der Waals surface area (Å²) in [7, 11) is 0. The first-order chi connectivity index (χ1) is 15.1. The van der Waals surface area contributed by atoms with Crippen LogP contribution in [0.25, 0.3) is 0 Å². The fraction of sp³-hybridized carbons (Fsp3) is 0.167. The number of aryl methyl sites for hydroxylation is 1. The third-order valence-corrected chi connectivity index (χ3v) is 5.07. The van der Waals surface area contributed by atoms with E-state index in [1.54, 1.807) is 30.3 Å². The molecule has 0 saturated heterocycles. The largest absolute Gasteiger partial charge is 0.488 e. The highest BCUT2D eigenvalue weighted by atomic mass is 79.9. The fourth-order valence-corrected chi connectivity index (χ4v) is 3.31. The van der Waals surface area contributed by atoms with Crippen molar-refractivity contribution in [1.29, 1.82) is 0 Å². The second-order valence-electron chi connectivity index (χ2n) is 6.68. The molecule has 0 radical (unpaired) electrons. The molecule has 3 aromatic carbocycles. The first-order valence-electron chi connectivity index (χ1n) is 9.83. The van der Waals surface area contributed by atoms with Crippen LogP contribution < -0.4 is 20.3 Å². The lowest BCUT2D eigenvalue weighted by Crippen LogP contribution is -2.43. The number of para-hydroxylation sites is 1. The summed E-state index contributed by atoms with van der Waals surface area (Å²) < 4.78 is 12.1. The molecule has 0 heterocycles. The summed E-state index contributed by atoms with van der Waals surface area (Å²) in [6.07, 6.45) is 0.905. The molecule has 0 bridgehead atoms. The van der Waals surface area contributed by atoms with Gasteiger partial charge in [0.05, 0.1) is 10.0 Å². The molecule has 0 aromatic heterocycles. The van der Waals surface area contributed by atoms with Gasteiger partial charge in [-0.1, -0.05) is 55.5 Å². The molecule has 31 heavy (non-hydrogen) atoms. The third kappa shape index (κ3) is 6.58. The van der Waals surface area contributed by atoms with Gasteiger partial charge in [0, 0.05) is 0 Å². The van der Waals surface area contributed by atoms with Crippen LogP contribution in [0.2, 0.25) is 0 Å². The van der Waals surface area contributed by atoms with Gasteiger partial charge in [0.1, 0.15) is 18.1 Å². The summed E-state index contributed by atoms with van der Waals surface area (Å²) in [6, 6.07) is 22.2. The predicted molar refractivity (Wildman–Crippen MR) is 122 cm³/mol. The molecule has 0 aliphatic carbocycles. The van der Waals surface area contributed by atoms with E-state index in [9.17, 15) is 9.59 Å². The molecular formula is C24H23BrN2O4. The smallest absolute Gasteiger partial charge is 0.276 e. The maximum Gasteiger partial charge on any atom is 0.276 e. The summed E-state index contributed by atoms with van der Waals surface area (Å²) in [5.74, 6) is 0.0145. The Hall–Kier alpha value is -3.32. The van der Waals surface area contributed by atoms with Crippen molar-refractivity contribution < 1.29 is 19.1 Å². The van der Waals surface area contributed by atoms with E-state index in [2.05, 4.69) is 33.7 Å². The summed E-state index contributed by atoms with van der Waals surface area (Å²) in [6.45, 7) is 2.15. The van der Waals surface area contributed by atoms with E-state index < -0.39 is 11.8 Å². The zero-order valence-corrected chi connectivity index (χ0v) is 18.6. The van der Waals surface area contributed by atoms with Crippen LogP contribution in [0, 0.1) is 0 Å². The van der Waals surface area contributed by atoms with Crippen LogP contribution in [0.5, 0.6) is 11.5 Å². The van der Waals surface area contributed by atoms with E-state index in [0.29, 0.717) is 23.7 Å². The van der Waals surface area contributed by atoms with Crippen LogP contribution in [0.3, 0.4) is 0 Å². The van der Waals surface area contributed by atoms with Crippen molar-refractivity contribution >= 4 is 27.7 Å². The minimum absolute atomic E-state index is 0.240. The summed E-state index contributed by atoms with van der Waals surface area (Å²) in [4.78, 5) is 24.6. The van der Waals surface area contributed by atoms with Gasteiger partial charge in [-0.2, -0.15) is 0 Å². The Morgan fingerprint density at radius 1 is 0.839 bits per heavy atom. The van der Waals surface area contributed by atoms with E-state index in [0.717, 1.165) is 22.0 Å². The van der Waals surface area contributed by atoms with Crippen molar-refractivity contribution in [2.45, 2.75) is 20.0 Å². The maximum absolute atomic E-state index is 12.5. The second-order valence-corrected chi connectivity index (χ2v) is 7.53. The number of carbonyl (C=O) groups is 2. The van der Waals surface area contributed by atoms with Gasteiger partial charge in [0.2, 0.25) is 0 Å². The number of carbonyl (C=O) groups excluding carboxylic acids is 2. The van der Waals surface area contributed by atoms with Crippen LogP contribution in [0.15, 0.2) is 77.3 Å². The minimum atomic E-state index is -0.484. The van der Waals surface area contributed by atoms with Crippen LogP contribution in [0.4, 0.5) is 0 Å². The number of ether oxygens (including phenoxy) is 2. The molecule has 6 nitrogen and oxygen atoms in total. The van der Waals surface area contributed by atoms with Gasteiger partial charge in [-0.3, -0.25) is 20.4 Å². The molecule has 0 unspecified atom stereocenters. The molecule has 160 valence electrons. The van der Waals surface area contributed by atoms with Gasteiger partial charge in [0.15, 0.2) is 6.61 Å². The highest BCUT2D eigenvalue weighted by Crippen LogP contribution is 2.26. The summed E-state index contributed by atoms with van der Waals surface area (Å²) in [5.41, 5.74) is 7.22. The second kappa shape index (κ2) is 11.2. The van der Waals surface area contributed by atoms with Crippen molar-refractivity contribution in [3.05, 3.63) is 94.0 Å². The van der Waals surface area contributed by atoms with E-state index in [1.165, 1.54) is 0 Å². The van der Waals surface area contributed by atoms with Gasteiger partial charge in [0.25, 0.3) is 11.8 Å². The van der Waals surface area contributed by atoms with Crippen LogP contribution in [0.1, 0.15) is 28.4 Å². The van der Waals surface area contributed by atoms with Crippen molar-refractivity contribution in [1.82, 2.24) is 10.9 Å². The Morgan fingerprint density at radius 2 is 1.58 bits per heavy atom. The first-order valence-corrected chi connectivity index (χ1v) is 10.6. The lowest BCUT2D eigenvalue weighted by atomic mass is 10.2. The molecular weight excluding hydrogens is 460 g/mol. The van der Waals surface area contributed by atoms with Crippen molar-refractivity contribution in [3.63, 3.8) is 0 Å². The maximum atomic E-state index is 12.5. The summed E-state index contributed by atoms with van der Waals surface area (Å²) in [5, 5.41) is 0. The molecule has 7 heteroatoms. The number of hydrogen-bond acceptors (Lipinski definition) is 4. The summed E-state index contributed by atoms with van der Waals surface area (Å²) >= 11 is 3.43. The van der Waals surface area contributed by atoms with E-state index in [4.69, 9.17) is 9.47 Å². The average molecular weight is 483 g/mol. The zero-order valence-electron chi connectivity index (χ0n) is 17.1. The first kappa shape index (κ1) is 22.4. The Kier molecular flexibility index (Phi) is 8.06. The number of hydrazine groups is 1. The molecule has 0 saturated carbocycles.